The molecule has 0 aliphatic carbocycles. The van der Waals surface area contributed by atoms with E-state index >= 15 is 0 Å². The van der Waals surface area contributed by atoms with Gasteiger partial charge < -0.3 is 34.6 Å². The predicted octanol–water partition coefficient (Wildman–Crippen LogP) is 1.60. The highest BCUT2D eigenvalue weighted by Crippen LogP contribution is 2.38. The average molecular weight is 439 g/mol. The summed E-state index contributed by atoms with van der Waals surface area (Å²) in [6.45, 7) is 1.47. The van der Waals surface area contributed by atoms with Crippen molar-refractivity contribution in [2.75, 3.05) is 20.3 Å². The van der Waals surface area contributed by atoms with Crippen molar-refractivity contribution in [3.63, 3.8) is 0 Å². The summed E-state index contributed by atoms with van der Waals surface area (Å²) in [7, 11) is 1.59. The lowest BCUT2D eigenvalue weighted by molar-refractivity contribution is -0.361. The molecule has 8 heteroatoms. The van der Waals surface area contributed by atoms with Gasteiger partial charge in [-0.3, -0.25) is 0 Å². The maximum absolute atomic E-state index is 11.2. The van der Waals surface area contributed by atoms with E-state index in [1.165, 1.54) is 6.07 Å². The molecule has 0 radical (unpaired) electrons. The minimum absolute atomic E-state index is 0.218. The van der Waals surface area contributed by atoms with Crippen molar-refractivity contribution in [1.82, 2.24) is 0 Å². The molecule has 0 amide bonds. The van der Waals surface area contributed by atoms with Crippen LogP contribution in [0.25, 0.3) is 0 Å². The lowest BCUT2D eigenvalue weighted by Crippen LogP contribution is -2.64. The zero-order valence-corrected chi connectivity index (χ0v) is 17.6. The smallest absolute Gasteiger partial charge is 0.222 e. The van der Waals surface area contributed by atoms with E-state index in [0.29, 0.717) is 17.0 Å². The summed E-state index contributed by atoms with van der Waals surface area (Å²) in [6, 6.07) is 12.2. The Balaban J connectivity index is 1.91. The van der Waals surface area contributed by atoms with Gasteiger partial charge in [0, 0.05) is 17.2 Å². The van der Waals surface area contributed by atoms with Crippen LogP contribution in [0.3, 0.4) is 0 Å². The number of aliphatic hydroxyl groups is 4. The van der Waals surface area contributed by atoms with Crippen LogP contribution in [0.2, 0.25) is 5.02 Å². The number of aliphatic hydroxyl groups excluding tert-OH is 3. The molecule has 0 saturated carbocycles. The number of methoxy groups -OCH3 is 1. The number of halogens is 1. The van der Waals surface area contributed by atoms with Crippen molar-refractivity contribution in [1.29, 1.82) is 0 Å². The second-order valence-electron chi connectivity index (χ2n) is 7.22. The Morgan fingerprint density at radius 1 is 1.13 bits per heavy atom. The SMILES string of the molecule is CCO[C@H]1[C@H](O)[C@@H](O)[C@@](O)(c2ccc(Cl)c(Cc3ccc(OC)cc3)c2)O[C@@H]1CO. The highest BCUT2D eigenvalue weighted by Gasteiger charge is 2.54. The Morgan fingerprint density at radius 3 is 2.43 bits per heavy atom. The van der Waals surface area contributed by atoms with E-state index in [1.807, 2.05) is 24.3 Å². The van der Waals surface area contributed by atoms with Crippen molar-refractivity contribution in [2.24, 2.45) is 0 Å². The second-order valence-corrected chi connectivity index (χ2v) is 7.63. The van der Waals surface area contributed by atoms with Crippen molar-refractivity contribution in [3.8, 4) is 5.75 Å². The summed E-state index contributed by atoms with van der Waals surface area (Å²) >= 11 is 6.36. The minimum Gasteiger partial charge on any atom is -0.497 e. The number of hydrogen-bond acceptors (Lipinski definition) is 7. The summed E-state index contributed by atoms with van der Waals surface area (Å²) in [6.07, 6.45) is -4.67. The molecule has 3 rings (SSSR count). The molecule has 0 unspecified atom stereocenters. The van der Waals surface area contributed by atoms with Crippen LogP contribution in [-0.2, 0) is 21.7 Å². The Labute approximate surface area is 180 Å². The molecule has 1 saturated heterocycles. The van der Waals surface area contributed by atoms with Gasteiger partial charge in [0.15, 0.2) is 0 Å². The highest BCUT2D eigenvalue weighted by atomic mass is 35.5. The quantitative estimate of drug-likeness (QED) is 0.520. The van der Waals surface area contributed by atoms with Crippen LogP contribution in [-0.4, -0.2) is 65.2 Å². The summed E-state index contributed by atoms with van der Waals surface area (Å²) < 4.78 is 16.2. The van der Waals surface area contributed by atoms with Crippen LogP contribution in [0, 0.1) is 0 Å². The van der Waals surface area contributed by atoms with Gasteiger partial charge in [0.2, 0.25) is 5.79 Å². The van der Waals surface area contributed by atoms with Gasteiger partial charge in [-0.2, -0.15) is 0 Å². The molecule has 1 aliphatic rings. The van der Waals surface area contributed by atoms with Crippen molar-refractivity contribution >= 4 is 11.6 Å². The zero-order valence-electron chi connectivity index (χ0n) is 16.9. The molecule has 0 spiro atoms. The van der Waals surface area contributed by atoms with Gasteiger partial charge in [-0.15, -0.1) is 0 Å². The molecule has 1 heterocycles. The van der Waals surface area contributed by atoms with Gasteiger partial charge >= 0.3 is 0 Å². The third kappa shape index (κ3) is 4.48. The van der Waals surface area contributed by atoms with E-state index in [9.17, 15) is 20.4 Å². The molecule has 1 fully saturated rings. The summed E-state index contributed by atoms with van der Waals surface area (Å²) in [4.78, 5) is 0. The lowest BCUT2D eigenvalue weighted by atomic mass is 9.87. The molecule has 2 aromatic carbocycles. The molecule has 30 heavy (non-hydrogen) atoms. The monoisotopic (exact) mass is 438 g/mol. The van der Waals surface area contributed by atoms with Crippen molar-refractivity contribution in [2.45, 2.75) is 43.5 Å². The van der Waals surface area contributed by atoms with Gasteiger partial charge in [0.1, 0.15) is 30.2 Å². The van der Waals surface area contributed by atoms with E-state index in [1.54, 1.807) is 26.2 Å². The fourth-order valence-electron chi connectivity index (χ4n) is 3.67. The maximum Gasteiger partial charge on any atom is 0.222 e. The number of benzene rings is 2. The molecular formula is C22H27ClO7. The lowest BCUT2D eigenvalue weighted by Gasteiger charge is -2.47. The van der Waals surface area contributed by atoms with Crippen LogP contribution >= 0.6 is 11.6 Å². The molecule has 164 valence electrons. The van der Waals surface area contributed by atoms with Gasteiger partial charge in [-0.25, -0.2) is 0 Å². The fourth-order valence-corrected chi connectivity index (χ4v) is 3.86. The molecule has 5 atom stereocenters. The Hall–Kier alpha value is -1.71. The van der Waals surface area contributed by atoms with Crippen LogP contribution in [0.1, 0.15) is 23.6 Å². The van der Waals surface area contributed by atoms with Crippen LogP contribution in [0.4, 0.5) is 0 Å². The first kappa shape index (κ1) is 23.0. The van der Waals surface area contributed by atoms with E-state index in [2.05, 4.69) is 0 Å². The normalized spacial score (nSPS) is 29.0. The van der Waals surface area contributed by atoms with Crippen molar-refractivity contribution in [3.05, 3.63) is 64.2 Å². The minimum atomic E-state index is -2.24. The summed E-state index contributed by atoms with van der Waals surface area (Å²) in [5, 5.41) is 42.5. The zero-order chi connectivity index (χ0) is 21.9. The van der Waals surface area contributed by atoms with Gasteiger partial charge in [-0.1, -0.05) is 29.8 Å². The van der Waals surface area contributed by atoms with E-state index in [4.69, 9.17) is 25.8 Å². The molecule has 0 bridgehead atoms. The predicted molar refractivity (Wildman–Crippen MR) is 111 cm³/mol. The topological polar surface area (TPSA) is 109 Å². The Bertz CT molecular complexity index is 842. The number of ether oxygens (including phenoxy) is 3. The summed E-state index contributed by atoms with van der Waals surface area (Å²) in [5.41, 5.74) is 1.89. The standard InChI is InChI=1S/C22H27ClO7/c1-3-29-20-18(12-24)30-22(27,21(26)19(20)25)15-6-9-17(23)14(11-15)10-13-4-7-16(28-2)8-5-13/h4-9,11,18-21,24-27H,3,10,12H2,1-2H3/t18-,19+,20-,21-,22-/m1/s1. The van der Waals surface area contributed by atoms with E-state index in [-0.39, 0.29) is 12.2 Å². The van der Waals surface area contributed by atoms with E-state index < -0.39 is 36.8 Å². The van der Waals surface area contributed by atoms with E-state index in [0.717, 1.165) is 11.3 Å². The number of hydrogen-bond donors (Lipinski definition) is 4. The largest absolute Gasteiger partial charge is 0.497 e. The van der Waals surface area contributed by atoms with Gasteiger partial charge in [-0.05, 0) is 48.7 Å². The summed E-state index contributed by atoms with van der Waals surface area (Å²) in [5.74, 6) is -1.50. The van der Waals surface area contributed by atoms with Crippen LogP contribution in [0.5, 0.6) is 5.75 Å². The second kappa shape index (κ2) is 9.62. The van der Waals surface area contributed by atoms with Gasteiger partial charge in [0.25, 0.3) is 0 Å². The van der Waals surface area contributed by atoms with Crippen molar-refractivity contribution < 1.29 is 34.6 Å². The molecule has 2 aromatic rings. The Kier molecular flexibility index (Phi) is 7.36. The maximum atomic E-state index is 11.2. The third-order valence-electron chi connectivity index (χ3n) is 5.31. The van der Waals surface area contributed by atoms with Crippen LogP contribution < -0.4 is 4.74 Å². The van der Waals surface area contributed by atoms with Gasteiger partial charge in [0.05, 0.1) is 13.7 Å². The Morgan fingerprint density at radius 2 is 1.83 bits per heavy atom. The first-order valence-corrected chi connectivity index (χ1v) is 10.1. The average Bonchev–Trinajstić information content (AvgIpc) is 2.76. The molecule has 7 nitrogen and oxygen atoms in total. The third-order valence-corrected chi connectivity index (χ3v) is 5.68. The molecular weight excluding hydrogens is 412 g/mol. The fraction of sp³-hybridized carbons (Fsp3) is 0.455. The first-order valence-electron chi connectivity index (χ1n) is 9.74. The molecule has 0 aromatic heterocycles. The highest BCUT2D eigenvalue weighted by molar-refractivity contribution is 6.31. The first-order chi connectivity index (χ1) is 14.3. The van der Waals surface area contributed by atoms with Crippen LogP contribution in [0.15, 0.2) is 42.5 Å². The molecule has 4 N–H and O–H groups in total. The molecule has 1 aliphatic heterocycles. The number of rotatable bonds is 7.